The van der Waals surface area contributed by atoms with Gasteiger partial charge < -0.3 is 10.6 Å². The summed E-state index contributed by atoms with van der Waals surface area (Å²) in [6.45, 7) is 5.17. The van der Waals surface area contributed by atoms with Gasteiger partial charge >= 0.3 is 0 Å². The van der Waals surface area contributed by atoms with Crippen LogP contribution in [0.4, 0.5) is 5.95 Å². The van der Waals surface area contributed by atoms with Crippen LogP contribution in [0.2, 0.25) is 0 Å². The van der Waals surface area contributed by atoms with Gasteiger partial charge in [0.05, 0.1) is 12.2 Å². The molecule has 0 atom stereocenters. The van der Waals surface area contributed by atoms with E-state index in [1.165, 1.54) is 0 Å². The molecule has 2 aromatic rings. The van der Waals surface area contributed by atoms with Gasteiger partial charge in [-0.1, -0.05) is 25.8 Å². The number of pyridine rings is 1. The highest BCUT2D eigenvalue weighted by atomic mass is 16.1. The highest BCUT2D eigenvalue weighted by Gasteiger charge is 2.10. The fourth-order valence-corrected chi connectivity index (χ4v) is 2.10. The third kappa shape index (κ3) is 5.65. The topological polar surface area (TPSA) is 79.8 Å². The minimum absolute atomic E-state index is 0.160. The van der Waals surface area contributed by atoms with Gasteiger partial charge in [-0.15, -0.1) is 0 Å². The van der Waals surface area contributed by atoms with Crippen molar-refractivity contribution < 1.29 is 4.79 Å². The predicted octanol–water partition coefficient (Wildman–Crippen LogP) is 2.71. The van der Waals surface area contributed by atoms with Gasteiger partial charge in [0, 0.05) is 18.4 Å². The van der Waals surface area contributed by atoms with E-state index in [4.69, 9.17) is 0 Å². The van der Waals surface area contributed by atoms with Gasteiger partial charge in [-0.25, -0.2) is 9.97 Å². The second-order valence-electron chi connectivity index (χ2n) is 5.36. The Hall–Kier alpha value is -2.50. The first kappa shape index (κ1) is 16.9. The van der Waals surface area contributed by atoms with Crippen LogP contribution in [0.15, 0.2) is 30.5 Å². The highest BCUT2D eigenvalue weighted by molar-refractivity contribution is 5.92. The lowest BCUT2D eigenvalue weighted by Gasteiger charge is -2.08. The SMILES string of the molecule is CCCCCNC(=O)c1cc(C)nc(NCc2ccccn2)n1. The van der Waals surface area contributed by atoms with Crippen molar-refractivity contribution in [3.8, 4) is 0 Å². The number of nitrogens with zero attached hydrogens (tertiary/aromatic N) is 3. The summed E-state index contributed by atoms with van der Waals surface area (Å²) in [5.74, 6) is 0.279. The average Bonchev–Trinajstić information content (AvgIpc) is 2.57. The quantitative estimate of drug-likeness (QED) is 0.733. The third-order valence-electron chi connectivity index (χ3n) is 3.31. The van der Waals surface area contributed by atoms with E-state index >= 15 is 0 Å². The number of aromatic nitrogens is 3. The number of hydrogen-bond acceptors (Lipinski definition) is 5. The van der Waals surface area contributed by atoms with Crippen LogP contribution in [0.5, 0.6) is 0 Å². The zero-order valence-corrected chi connectivity index (χ0v) is 13.7. The van der Waals surface area contributed by atoms with E-state index in [2.05, 4.69) is 32.5 Å². The van der Waals surface area contributed by atoms with E-state index in [0.717, 1.165) is 30.7 Å². The number of anilines is 1. The molecule has 0 bridgehead atoms. The number of nitrogens with one attached hydrogen (secondary N) is 2. The Morgan fingerprint density at radius 3 is 2.83 bits per heavy atom. The summed E-state index contributed by atoms with van der Waals surface area (Å²) in [5.41, 5.74) is 2.03. The molecule has 0 unspecified atom stereocenters. The summed E-state index contributed by atoms with van der Waals surface area (Å²) < 4.78 is 0. The fraction of sp³-hybridized carbons (Fsp3) is 0.412. The summed E-state index contributed by atoms with van der Waals surface area (Å²) in [4.78, 5) is 25.0. The lowest BCUT2D eigenvalue weighted by molar-refractivity contribution is 0.0948. The standard InChI is InChI=1S/C17H23N5O/c1-3-4-6-10-19-16(23)15-11-13(2)21-17(22-15)20-12-14-8-5-7-9-18-14/h5,7-9,11H,3-4,6,10,12H2,1-2H3,(H,19,23)(H,20,21,22). The maximum Gasteiger partial charge on any atom is 0.270 e. The Morgan fingerprint density at radius 1 is 1.22 bits per heavy atom. The zero-order chi connectivity index (χ0) is 16.5. The number of unbranched alkanes of at least 4 members (excludes halogenated alkanes) is 2. The molecule has 0 aliphatic heterocycles. The first-order chi connectivity index (χ1) is 11.2. The molecule has 2 N–H and O–H groups in total. The average molecular weight is 313 g/mol. The monoisotopic (exact) mass is 313 g/mol. The number of rotatable bonds is 8. The van der Waals surface area contributed by atoms with E-state index in [1.54, 1.807) is 12.3 Å². The van der Waals surface area contributed by atoms with Crippen molar-refractivity contribution >= 4 is 11.9 Å². The van der Waals surface area contributed by atoms with E-state index in [1.807, 2.05) is 25.1 Å². The second kappa shape index (κ2) is 8.82. The van der Waals surface area contributed by atoms with Crippen molar-refractivity contribution in [1.29, 1.82) is 0 Å². The van der Waals surface area contributed by atoms with E-state index in [0.29, 0.717) is 24.7 Å². The number of carbonyl (C=O) groups is 1. The molecule has 0 aromatic carbocycles. The van der Waals surface area contributed by atoms with Crippen molar-refractivity contribution in [2.45, 2.75) is 39.7 Å². The van der Waals surface area contributed by atoms with Gasteiger partial charge in [-0.3, -0.25) is 9.78 Å². The largest absolute Gasteiger partial charge is 0.351 e. The third-order valence-corrected chi connectivity index (χ3v) is 3.31. The first-order valence-electron chi connectivity index (χ1n) is 7.96. The van der Waals surface area contributed by atoms with Crippen LogP contribution in [0.25, 0.3) is 0 Å². The molecule has 0 saturated carbocycles. The lowest BCUT2D eigenvalue weighted by atomic mass is 10.2. The van der Waals surface area contributed by atoms with E-state index < -0.39 is 0 Å². The fourth-order valence-electron chi connectivity index (χ4n) is 2.10. The van der Waals surface area contributed by atoms with Crippen LogP contribution in [0.1, 0.15) is 48.1 Å². The van der Waals surface area contributed by atoms with Crippen molar-refractivity contribution in [2.24, 2.45) is 0 Å². The molecule has 0 fully saturated rings. The van der Waals surface area contributed by atoms with Crippen LogP contribution >= 0.6 is 0 Å². The van der Waals surface area contributed by atoms with Gasteiger partial charge in [0.2, 0.25) is 5.95 Å². The molecule has 1 amide bonds. The molecule has 0 aliphatic carbocycles. The number of amides is 1. The van der Waals surface area contributed by atoms with E-state index in [9.17, 15) is 4.79 Å². The molecule has 6 heteroatoms. The van der Waals surface area contributed by atoms with Crippen LogP contribution < -0.4 is 10.6 Å². The maximum atomic E-state index is 12.1. The van der Waals surface area contributed by atoms with Crippen molar-refractivity contribution in [3.05, 3.63) is 47.5 Å². The smallest absolute Gasteiger partial charge is 0.270 e. The molecule has 0 saturated heterocycles. The molecule has 6 nitrogen and oxygen atoms in total. The molecule has 23 heavy (non-hydrogen) atoms. The van der Waals surface area contributed by atoms with Gasteiger partial charge in [-0.05, 0) is 31.5 Å². The molecule has 2 heterocycles. The Labute approximate surface area is 136 Å². The minimum Gasteiger partial charge on any atom is -0.351 e. The van der Waals surface area contributed by atoms with Crippen molar-refractivity contribution in [3.63, 3.8) is 0 Å². The maximum absolute atomic E-state index is 12.1. The van der Waals surface area contributed by atoms with Gasteiger partial charge in [0.15, 0.2) is 0 Å². The zero-order valence-electron chi connectivity index (χ0n) is 13.7. The van der Waals surface area contributed by atoms with Crippen LogP contribution in [-0.2, 0) is 6.54 Å². The summed E-state index contributed by atoms with van der Waals surface area (Å²) >= 11 is 0. The first-order valence-corrected chi connectivity index (χ1v) is 7.96. The molecule has 0 radical (unpaired) electrons. The Kier molecular flexibility index (Phi) is 6.47. The second-order valence-corrected chi connectivity index (χ2v) is 5.36. The summed E-state index contributed by atoms with van der Waals surface area (Å²) in [6.07, 6.45) is 4.96. The minimum atomic E-state index is -0.160. The lowest BCUT2D eigenvalue weighted by Crippen LogP contribution is -2.26. The number of hydrogen-bond donors (Lipinski definition) is 2. The van der Waals surface area contributed by atoms with Gasteiger partial charge in [0.25, 0.3) is 5.91 Å². The van der Waals surface area contributed by atoms with Crippen LogP contribution in [0, 0.1) is 6.92 Å². The van der Waals surface area contributed by atoms with Crippen LogP contribution in [0.3, 0.4) is 0 Å². The molecular formula is C17H23N5O. The van der Waals surface area contributed by atoms with Crippen molar-refractivity contribution in [1.82, 2.24) is 20.3 Å². The summed E-state index contributed by atoms with van der Waals surface area (Å²) in [7, 11) is 0. The van der Waals surface area contributed by atoms with Gasteiger partial charge in [-0.2, -0.15) is 0 Å². The summed E-state index contributed by atoms with van der Waals surface area (Å²) in [6, 6.07) is 7.41. The number of carbonyl (C=O) groups excluding carboxylic acids is 1. The normalized spacial score (nSPS) is 10.3. The van der Waals surface area contributed by atoms with Crippen LogP contribution in [-0.4, -0.2) is 27.4 Å². The molecule has 2 aromatic heterocycles. The Balaban J connectivity index is 1.96. The Bertz CT molecular complexity index is 630. The summed E-state index contributed by atoms with van der Waals surface area (Å²) in [5, 5.41) is 6.00. The van der Waals surface area contributed by atoms with Crippen molar-refractivity contribution in [2.75, 3.05) is 11.9 Å². The Morgan fingerprint density at radius 2 is 2.09 bits per heavy atom. The molecule has 0 aliphatic rings. The van der Waals surface area contributed by atoms with Gasteiger partial charge in [0.1, 0.15) is 5.69 Å². The van der Waals surface area contributed by atoms with E-state index in [-0.39, 0.29) is 5.91 Å². The molecule has 2 rings (SSSR count). The molecular weight excluding hydrogens is 290 g/mol. The molecule has 0 spiro atoms. The highest BCUT2D eigenvalue weighted by Crippen LogP contribution is 2.07. The predicted molar refractivity (Wildman–Crippen MR) is 90.2 cm³/mol. The number of aryl methyl sites for hydroxylation is 1. The molecule has 122 valence electrons.